The normalized spacial score (nSPS) is 19.4. The SMILES string of the molecule is CC(C)n1cc(OCCNC(C2CC2)C2CC2)cn1. The number of aromatic nitrogens is 2. The van der Waals surface area contributed by atoms with Gasteiger partial charge in [0.2, 0.25) is 0 Å². The molecule has 2 fully saturated rings. The van der Waals surface area contributed by atoms with E-state index in [1.165, 1.54) is 25.7 Å². The van der Waals surface area contributed by atoms with Crippen molar-refractivity contribution in [3.05, 3.63) is 12.4 Å². The van der Waals surface area contributed by atoms with Gasteiger partial charge < -0.3 is 10.1 Å². The average Bonchev–Trinajstić information content (AvgIpc) is 3.29. The molecule has 1 heterocycles. The van der Waals surface area contributed by atoms with E-state index in [1.807, 2.05) is 10.9 Å². The number of rotatable bonds is 8. The molecule has 0 atom stereocenters. The topological polar surface area (TPSA) is 39.1 Å². The van der Waals surface area contributed by atoms with Gasteiger partial charge in [0.1, 0.15) is 6.61 Å². The van der Waals surface area contributed by atoms with Crippen LogP contribution in [0, 0.1) is 11.8 Å². The van der Waals surface area contributed by atoms with Crippen LogP contribution in [0.1, 0.15) is 45.6 Å². The van der Waals surface area contributed by atoms with Crippen molar-refractivity contribution in [2.24, 2.45) is 11.8 Å². The molecular formula is C15H25N3O. The minimum absolute atomic E-state index is 0.393. The van der Waals surface area contributed by atoms with E-state index in [0.29, 0.717) is 6.04 Å². The van der Waals surface area contributed by atoms with Gasteiger partial charge in [0, 0.05) is 18.6 Å². The molecular weight excluding hydrogens is 238 g/mol. The molecule has 1 aromatic rings. The lowest BCUT2D eigenvalue weighted by molar-refractivity contribution is 0.293. The van der Waals surface area contributed by atoms with E-state index < -0.39 is 0 Å². The van der Waals surface area contributed by atoms with Crippen LogP contribution in [0.25, 0.3) is 0 Å². The van der Waals surface area contributed by atoms with E-state index in [9.17, 15) is 0 Å². The smallest absolute Gasteiger partial charge is 0.157 e. The third-order valence-electron chi connectivity index (χ3n) is 4.12. The van der Waals surface area contributed by atoms with E-state index in [2.05, 4.69) is 24.3 Å². The monoisotopic (exact) mass is 263 g/mol. The molecule has 4 nitrogen and oxygen atoms in total. The van der Waals surface area contributed by atoms with Crippen molar-refractivity contribution in [1.82, 2.24) is 15.1 Å². The Labute approximate surface area is 115 Å². The fourth-order valence-electron chi connectivity index (χ4n) is 2.70. The fraction of sp³-hybridized carbons (Fsp3) is 0.800. The summed E-state index contributed by atoms with van der Waals surface area (Å²) in [5.74, 6) is 2.79. The quantitative estimate of drug-likeness (QED) is 0.733. The van der Waals surface area contributed by atoms with Gasteiger partial charge in [-0.05, 0) is 51.4 Å². The molecule has 0 radical (unpaired) electrons. The lowest BCUT2D eigenvalue weighted by Crippen LogP contribution is -2.35. The van der Waals surface area contributed by atoms with Gasteiger partial charge in [-0.25, -0.2) is 0 Å². The van der Waals surface area contributed by atoms with Gasteiger partial charge in [0.05, 0.1) is 12.4 Å². The maximum atomic E-state index is 5.74. The number of hydrogen-bond donors (Lipinski definition) is 1. The molecule has 1 aromatic heterocycles. The van der Waals surface area contributed by atoms with Crippen molar-refractivity contribution in [2.75, 3.05) is 13.2 Å². The zero-order valence-corrected chi connectivity index (χ0v) is 12.0. The van der Waals surface area contributed by atoms with Gasteiger partial charge in [-0.2, -0.15) is 5.10 Å². The molecule has 2 aliphatic carbocycles. The molecule has 0 bridgehead atoms. The summed E-state index contributed by atoms with van der Waals surface area (Å²) in [6.45, 7) is 5.92. The lowest BCUT2D eigenvalue weighted by atomic mass is 10.1. The molecule has 3 rings (SSSR count). The van der Waals surface area contributed by atoms with Gasteiger partial charge in [0.25, 0.3) is 0 Å². The standard InChI is InChI=1S/C15H25N3O/c1-11(2)18-10-14(9-17-18)19-8-7-16-15(12-3-4-12)13-5-6-13/h9-13,15-16H,3-8H2,1-2H3. The third-order valence-corrected chi connectivity index (χ3v) is 4.12. The van der Waals surface area contributed by atoms with Gasteiger partial charge in [-0.3, -0.25) is 4.68 Å². The second-order valence-corrected chi connectivity index (χ2v) is 6.25. The minimum Gasteiger partial charge on any atom is -0.489 e. The summed E-state index contributed by atoms with van der Waals surface area (Å²) in [5, 5.41) is 7.97. The van der Waals surface area contributed by atoms with Crippen LogP contribution in [0.15, 0.2) is 12.4 Å². The highest BCUT2D eigenvalue weighted by Crippen LogP contribution is 2.44. The second kappa shape index (κ2) is 5.53. The number of hydrogen-bond acceptors (Lipinski definition) is 3. The van der Waals surface area contributed by atoms with Crippen LogP contribution >= 0.6 is 0 Å². The highest BCUT2D eigenvalue weighted by molar-refractivity contribution is 5.12. The molecule has 0 amide bonds. The maximum Gasteiger partial charge on any atom is 0.157 e. The molecule has 1 N–H and O–H groups in total. The first-order chi connectivity index (χ1) is 9.24. The minimum atomic E-state index is 0.393. The maximum absolute atomic E-state index is 5.74. The predicted molar refractivity (Wildman–Crippen MR) is 75.3 cm³/mol. The van der Waals surface area contributed by atoms with E-state index in [1.54, 1.807) is 6.20 Å². The van der Waals surface area contributed by atoms with Crippen LogP contribution in [0.4, 0.5) is 0 Å². The third kappa shape index (κ3) is 3.50. The highest BCUT2D eigenvalue weighted by Gasteiger charge is 2.40. The van der Waals surface area contributed by atoms with Crippen molar-refractivity contribution in [3.63, 3.8) is 0 Å². The van der Waals surface area contributed by atoms with Gasteiger partial charge >= 0.3 is 0 Å². The van der Waals surface area contributed by atoms with Crippen molar-refractivity contribution in [3.8, 4) is 5.75 Å². The summed E-state index contributed by atoms with van der Waals surface area (Å²) in [6.07, 6.45) is 9.49. The number of nitrogens with one attached hydrogen (secondary N) is 1. The first kappa shape index (κ1) is 13.0. The van der Waals surface area contributed by atoms with Crippen LogP contribution in [0.2, 0.25) is 0 Å². The summed E-state index contributed by atoms with van der Waals surface area (Å²) >= 11 is 0. The molecule has 106 valence electrons. The Kier molecular flexibility index (Phi) is 3.78. The van der Waals surface area contributed by atoms with Gasteiger partial charge in [-0.1, -0.05) is 0 Å². The fourth-order valence-corrected chi connectivity index (χ4v) is 2.70. The zero-order chi connectivity index (χ0) is 13.2. The van der Waals surface area contributed by atoms with Crippen LogP contribution in [0.5, 0.6) is 5.75 Å². The molecule has 19 heavy (non-hydrogen) atoms. The Balaban J connectivity index is 1.37. The van der Waals surface area contributed by atoms with Crippen LogP contribution in [-0.4, -0.2) is 29.0 Å². The average molecular weight is 263 g/mol. The number of nitrogens with zero attached hydrogens (tertiary/aromatic N) is 2. The van der Waals surface area contributed by atoms with Crippen molar-refractivity contribution in [1.29, 1.82) is 0 Å². The molecule has 2 aliphatic rings. The molecule has 4 heteroatoms. The summed E-state index contributed by atoms with van der Waals surface area (Å²) in [5.41, 5.74) is 0. The Bertz CT molecular complexity index is 395. The first-order valence-corrected chi connectivity index (χ1v) is 7.64. The largest absolute Gasteiger partial charge is 0.489 e. The van der Waals surface area contributed by atoms with Crippen molar-refractivity contribution < 1.29 is 4.74 Å². The van der Waals surface area contributed by atoms with E-state index in [0.717, 1.165) is 36.8 Å². The lowest BCUT2D eigenvalue weighted by Gasteiger charge is -2.17. The summed E-state index contributed by atoms with van der Waals surface area (Å²) in [7, 11) is 0. The molecule has 0 aromatic carbocycles. The van der Waals surface area contributed by atoms with Crippen LogP contribution in [0.3, 0.4) is 0 Å². The van der Waals surface area contributed by atoms with Gasteiger partial charge in [0.15, 0.2) is 5.75 Å². The Morgan fingerprint density at radius 2 is 2.00 bits per heavy atom. The predicted octanol–water partition coefficient (Wildman–Crippen LogP) is 2.62. The summed E-state index contributed by atoms with van der Waals surface area (Å²) in [6, 6.07) is 1.16. The van der Waals surface area contributed by atoms with Crippen molar-refractivity contribution in [2.45, 2.75) is 51.6 Å². The summed E-state index contributed by atoms with van der Waals surface area (Å²) in [4.78, 5) is 0. The molecule has 2 saturated carbocycles. The highest BCUT2D eigenvalue weighted by atomic mass is 16.5. The molecule has 0 unspecified atom stereocenters. The second-order valence-electron chi connectivity index (χ2n) is 6.25. The van der Waals surface area contributed by atoms with E-state index in [4.69, 9.17) is 4.74 Å². The molecule has 0 spiro atoms. The van der Waals surface area contributed by atoms with Gasteiger partial charge in [-0.15, -0.1) is 0 Å². The Hall–Kier alpha value is -1.03. The molecule has 0 aliphatic heterocycles. The van der Waals surface area contributed by atoms with E-state index in [-0.39, 0.29) is 0 Å². The first-order valence-electron chi connectivity index (χ1n) is 7.64. The van der Waals surface area contributed by atoms with Crippen molar-refractivity contribution >= 4 is 0 Å². The number of ether oxygens (including phenoxy) is 1. The summed E-state index contributed by atoms with van der Waals surface area (Å²) < 4.78 is 7.67. The van der Waals surface area contributed by atoms with Crippen LogP contribution < -0.4 is 10.1 Å². The molecule has 0 saturated heterocycles. The zero-order valence-electron chi connectivity index (χ0n) is 12.0. The van der Waals surface area contributed by atoms with Crippen LogP contribution in [-0.2, 0) is 0 Å². The Morgan fingerprint density at radius 1 is 1.32 bits per heavy atom. The van der Waals surface area contributed by atoms with E-state index >= 15 is 0 Å². The Morgan fingerprint density at radius 3 is 2.53 bits per heavy atom.